The summed E-state index contributed by atoms with van der Waals surface area (Å²) in [6.07, 6.45) is 26.5. The Hall–Kier alpha value is -9.57. The topological polar surface area (TPSA) is 141 Å². The molecule has 0 saturated carbocycles. The van der Waals surface area contributed by atoms with Crippen molar-refractivity contribution < 1.29 is 38.5 Å². The Morgan fingerprint density at radius 2 is 0.744 bits per heavy atom. The fourth-order valence-corrected chi connectivity index (χ4v) is 7.25. The molecule has 11 heteroatoms. The Morgan fingerprint density at radius 3 is 1.13 bits per heavy atom. The molecule has 1 N–H and O–H groups in total. The maximum atomic E-state index is 11.7. The number of hydrogen-bond acceptors (Lipinski definition) is 9. The number of ether oxygens (including phenoxy) is 2. The van der Waals surface area contributed by atoms with Crippen molar-refractivity contribution in [3.8, 4) is 22.8 Å². The Morgan fingerprint density at radius 1 is 0.423 bits per heavy atom. The second-order valence-corrected chi connectivity index (χ2v) is 16.8. The van der Waals surface area contributed by atoms with E-state index in [0.717, 1.165) is 44.8 Å². The van der Waals surface area contributed by atoms with Crippen LogP contribution in [0.15, 0.2) is 237 Å². The van der Waals surface area contributed by atoms with Gasteiger partial charge in [0.1, 0.15) is 0 Å². The molecule has 10 nitrogen and oxygen atoms in total. The maximum Gasteiger partial charge on any atom is 1.00 e. The number of pyridine rings is 5. The molecule has 5 heterocycles. The number of hydrogen-bond donors (Lipinski definition) is 0. The van der Waals surface area contributed by atoms with Crippen LogP contribution >= 0.6 is 0 Å². The van der Waals surface area contributed by atoms with Gasteiger partial charge in [-0.15, -0.1) is 5.70 Å². The van der Waals surface area contributed by atoms with E-state index in [9.17, 15) is 9.59 Å². The molecule has 0 aliphatic heterocycles. The number of aromatic nitrogens is 5. The predicted octanol–water partition coefficient (Wildman–Crippen LogP) is 15.9. The fourth-order valence-electron chi connectivity index (χ4n) is 7.25. The third kappa shape index (κ3) is 19.0. The molecule has 0 aliphatic rings. The van der Waals surface area contributed by atoms with Gasteiger partial charge in [-0.1, -0.05) is 183 Å². The van der Waals surface area contributed by atoms with Gasteiger partial charge in [0.2, 0.25) is 0 Å². The molecular weight excluding hydrogens is 1050 g/mol. The van der Waals surface area contributed by atoms with Crippen LogP contribution in [0.3, 0.4) is 0 Å². The first-order valence-corrected chi connectivity index (χ1v) is 24.9. The van der Waals surface area contributed by atoms with Gasteiger partial charge in [-0.25, -0.2) is 9.59 Å². The molecule has 78 heavy (non-hydrogen) atoms. The number of rotatable bonds is 16. The second-order valence-electron chi connectivity index (χ2n) is 16.8. The van der Waals surface area contributed by atoms with Gasteiger partial charge in [-0.2, -0.15) is 0 Å². The molecule has 1 radical (unpaired) electrons. The van der Waals surface area contributed by atoms with Gasteiger partial charge in [0.25, 0.3) is 0 Å². The number of esters is 2. The van der Waals surface area contributed by atoms with Crippen molar-refractivity contribution in [2.24, 2.45) is 0 Å². The van der Waals surface area contributed by atoms with Crippen LogP contribution in [0, 0.1) is 0 Å². The van der Waals surface area contributed by atoms with E-state index in [4.69, 9.17) is 15.2 Å². The minimum Gasteiger partial charge on any atom is -0.697 e. The number of carbonyl (C=O) groups excluding carboxylic acids is 2. The summed E-state index contributed by atoms with van der Waals surface area (Å²) in [4.78, 5) is 45.2. The summed E-state index contributed by atoms with van der Waals surface area (Å²) in [7, 11) is 0. The van der Waals surface area contributed by atoms with Crippen molar-refractivity contribution in [3.63, 3.8) is 0 Å². The zero-order valence-corrected chi connectivity index (χ0v) is 45.0. The molecule has 0 bridgehead atoms. The molecule has 0 spiro atoms. The van der Waals surface area contributed by atoms with Crippen molar-refractivity contribution in [2.45, 2.75) is 13.8 Å². The zero-order chi connectivity index (χ0) is 53.9. The van der Waals surface area contributed by atoms with Crippen LogP contribution < -0.4 is 0 Å². The van der Waals surface area contributed by atoms with E-state index in [2.05, 4.69) is 104 Å². The van der Waals surface area contributed by atoms with E-state index in [-0.39, 0.29) is 19.5 Å². The van der Waals surface area contributed by atoms with Crippen LogP contribution in [0.4, 0.5) is 0 Å². The van der Waals surface area contributed by atoms with Gasteiger partial charge in [-0.3, -0.25) is 24.9 Å². The number of carbonyl (C=O) groups is 2. The average Bonchev–Trinajstić information content (AvgIpc) is 3.49. The summed E-state index contributed by atoms with van der Waals surface area (Å²) < 4.78 is 9.90. The molecule has 0 saturated heterocycles. The van der Waals surface area contributed by atoms with Gasteiger partial charge >= 0.3 is 31.4 Å². The third-order valence-corrected chi connectivity index (χ3v) is 11.1. The second kappa shape index (κ2) is 31.3. The molecule has 5 aromatic heterocycles. The van der Waals surface area contributed by atoms with Crippen LogP contribution in [-0.4, -0.2) is 50.1 Å². The first kappa shape index (κ1) is 57.7. The Kier molecular flexibility index (Phi) is 23.2. The first-order valence-electron chi connectivity index (χ1n) is 24.9. The molecule has 387 valence electrons. The molecule has 0 amide bonds. The van der Waals surface area contributed by atoms with Crippen LogP contribution in [0.1, 0.15) is 79.2 Å². The van der Waals surface area contributed by atoms with Crippen molar-refractivity contribution in [3.05, 3.63) is 299 Å². The van der Waals surface area contributed by atoms with E-state index in [0.29, 0.717) is 47.1 Å². The van der Waals surface area contributed by atoms with E-state index >= 15 is 0 Å². The van der Waals surface area contributed by atoms with E-state index in [1.54, 1.807) is 50.4 Å². The van der Waals surface area contributed by atoms with Gasteiger partial charge in [-0.05, 0) is 119 Å². The minimum absolute atomic E-state index is 0. The smallest absolute Gasteiger partial charge is 0.697 e. The first-order chi connectivity index (χ1) is 37.7. The van der Waals surface area contributed by atoms with Gasteiger partial charge in [0.05, 0.1) is 47.1 Å². The van der Waals surface area contributed by atoms with E-state index in [1.165, 1.54) is 23.5 Å². The summed E-state index contributed by atoms with van der Waals surface area (Å²) in [5.41, 5.74) is 21.3. The monoisotopic (exact) mass is 1110 g/mol. The molecule has 0 atom stereocenters. The van der Waals surface area contributed by atoms with Crippen LogP contribution in [0.5, 0.6) is 0 Å². The van der Waals surface area contributed by atoms with Crippen molar-refractivity contribution in [2.75, 3.05) is 13.2 Å². The fraction of sp³-hybridized carbons (Fsp3) is 0.0597. The molecular formula is C67H57N6O4Ru. The van der Waals surface area contributed by atoms with Gasteiger partial charge < -0.3 is 15.2 Å². The Bertz CT molecular complexity index is 3360. The van der Waals surface area contributed by atoms with Crippen LogP contribution in [0.2, 0.25) is 0 Å². The number of nitrogens with one attached hydrogen (secondary N) is 1. The van der Waals surface area contributed by atoms with Gasteiger partial charge in [0, 0.05) is 36.7 Å². The summed E-state index contributed by atoms with van der Waals surface area (Å²) in [5, 5.41) is 0. The quantitative estimate of drug-likeness (QED) is 0.0525. The Labute approximate surface area is 469 Å². The van der Waals surface area contributed by atoms with Crippen molar-refractivity contribution >= 4 is 60.2 Å². The maximum absolute atomic E-state index is 11.7. The number of nitrogens with zero attached hydrogens (tertiary/aromatic N) is 5. The number of benzene rings is 4. The van der Waals surface area contributed by atoms with Crippen molar-refractivity contribution in [1.29, 1.82) is 0 Å². The van der Waals surface area contributed by atoms with E-state index in [1.807, 2.05) is 146 Å². The standard InChI is InChI=1S/C26H20N2.C25H21N2.C16H16N2O4.Ru/c1-3-7-21(8-4-1)11-13-23-15-17-27-25(19-23)26-20-24(16-18-28-26)14-12-22-9-5-2-6-10-22;1-20(12-13-21-8-4-2-5-9-21)18-24(26)25-19-23(16-17-27-25)15-14-22-10-6-3-7-11-22;1-3-21-15(19)11-5-7-17-13(9-11)14-10-12(6-8-18-14)16(20)22-4-2;/h1-20H;2-19,26H,1H2;5-10H,3-4H2,1-2H3;/q;-1;;+1/b13-11+,14-12+;13-12+,15-14+,24-18-;;. The normalized spacial score (nSPS) is 11.0. The number of allylic oxidation sites excluding steroid dienone is 3. The predicted molar refractivity (Wildman–Crippen MR) is 314 cm³/mol. The zero-order valence-electron chi connectivity index (χ0n) is 43.2. The molecule has 9 rings (SSSR count). The van der Waals surface area contributed by atoms with Crippen LogP contribution in [0.25, 0.3) is 76.7 Å². The van der Waals surface area contributed by atoms with Crippen LogP contribution in [-0.2, 0) is 29.0 Å². The minimum atomic E-state index is -0.423. The molecule has 0 fully saturated rings. The average molecular weight is 1110 g/mol. The van der Waals surface area contributed by atoms with Crippen molar-refractivity contribution in [1.82, 2.24) is 24.9 Å². The molecule has 4 aromatic carbocycles. The van der Waals surface area contributed by atoms with Gasteiger partial charge in [0.15, 0.2) is 0 Å². The summed E-state index contributed by atoms with van der Waals surface area (Å²) in [6, 6.07) is 58.9. The summed E-state index contributed by atoms with van der Waals surface area (Å²) >= 11 is 0. The third-order valence-electron chi connectivity index (χ3n) is 11.1. The van der Waals surface area contributed by atoms with E-state index < -0.39 is 11.9 Å². The molecule has 9 aromatic rings. The summed E-state index contributed by atoms with van der Waals surface area (Å²) in [6.45, 7) is 8.09. The summed E-state index contributed by atoms with van der Waals surface area (Å²) in [5.74, 6) is -0.847. The molecule has 0 unspecified atom stereocenters. The molecule has 0 aliphatic carbocycles. The Balaban J connectivity index is 0.000000190. The SMILES string of the molecule is C(=C\c1ccnc(-c2cc(/C=C/c3ccccc3)ccn2)c1)/c1ccccc1.C=C(/C=C(\[NH-])c1cc(/C=C/c2ccccc2)ccn1)/C=C/c1ccccc1.CCOC(=O)c1ccnc(-c2cc(C(=O)OCC)ccn2)c1.[Ru+]. The largest absolute Gasteiger partial charge is 1.00 e.